The van der Waals surface area contributed by atoms with Crippen molar-refractivity contribution in [3.8, 4) is 0 Å². The van der Waals surface area contributed by atoms with Gasteiger partial charge in [0.1, 0.15) is 16.4 Å². The Kier molecular flexibility index (Phi) is 5.63. The van der Waals surface area contributed by atoms with Gasteiger partial charge in [-0.15, -0.1) is 0 Å². The van der Waals surface area contributed by atoms with E-state index < -0.39 is 10.0 Å². The van der Waals surface area contributed by atoms with Gasteiger partial charge in [-0.2, -0.15) is 4.31 Å². The van der Waals surface area contributed by atoms with Gasteiger partial charge in [0.25, 0.3) is 0 Å². The first kappa shape index (κ1) is 18.2. The monoisotopic (exact) mass is 316 g/mol. The fraction of sp³-hybridized carbons (Fsp3) is 0.733. The van der Waals surface area contributed by atoms with Crippen LogP contribution in [0.2, 0.25) is 0 Å². The largest absolute Gasteiger partial charge is 0.464 e. The second-order valence-electron chi connectivity index (χ2n) is 6.48. The van der Waals surface area contributed by atoms with Crippen LogP contribution in [-0.4, -0.2) is 32.4 Å². The smallest absolute Gasteiger partial charge is 0.246 e. The summed E-state index contributed by atoms with van der Waals surface area (Å²) in [5.41, 5.74) is -0.133. The molecule has 6 heteroatoms. The van der Waals surface area contributed by atoms with Crippen molar-refractivity contribution in [3.63, 3.8) is 0 Å². The molecule has 0 amide bonds. The Labute approximate surface area is 128 Å². The second kappa shape index (κ2) is 6.50. The fourth-order valence-corrected chi connectivity index (χ4v) is 3.75. The summed E-state index contributed by atoms with van der Waals surface area (Å²) >= 11 is 0. The lowest BCUT2D eigenvalue weighted by molar-refractivity contribution is 0.216. The van der Waals surface area contributed by atoms with Crippen molar-refractivity contribution in [2.75, 3.05) is 13.6 Å². The van der Waals surface area contributed by atoms with Crippen LogP contribution in [0.5, 0.6) is 0 Å². The van der Waals surface area contributed by atoms with Crippen LogP contribution in [0.15, 0.2) is 15.4 Å². The highest BCUT2D eigenvalue weighted by molar-refractivity contribution is 7.89. The highest BCUT2D eigenvalue weighted by Gasteiger charge is 2.34. The minimum Gasteiger partial charge on any atom is -0.464 e. The predicted molar refractivity (Wildman–Crippen MR) is 84.7 cm³/mol. The highest BCUT2D eigenvalue weighted by Crippen LogP contribution is 2.30. The molecule has 0 fully saturated rings. The van der Waals surface area contributed by atoms with Crippen molar-refractivity contribution in [1.29, 1.82) is 0 Å². The molecule has 1 rings (SSSR count). The summed E-state index contributed by atoms with van der Waals surface area (Å²) in [5, 5.41) is 3.13. The number of nitrogens with zero attached hydrogens (tertiary/aromatic N) is 1. The maximum atomic E-state index is 12.8. The molecule has 5 nitrogen and oxygen atoms in total. The minimum absolute atomic E-state index is 0.117. The zero-order valence-corrected chi connectivity index (χ0v) is 15.0. The molecule has 1 unspecified atom stereocenters. The van der Waals surface area contributed by atoms with E-state index in [4.69, 9.17) is 4.42 Å². The molecule has 0 radical (unpaired) electrons. The van der Waals surface area contributed by atoms with Crippen molar-refractivity contribution in [3.05, 3.63) is 17.6 Å². The van der Waals surface area contributed by atoms with Gasteiger partial charge in [-0.1, -0.05) is 27.7 Å². The maximum absolute atomic E-state index is 12.8. The van der Waals surface area contributed by atoms with Crippen LogP contribution >= 0.6 is 0 Å². The molecule has 0 saturated carbocycles. The van der Waals surface area contributed by atoms with E-state index in [0.717, 1.165) is 6.54 Å². The molecular weight excluding hydrogens is 288 g/mol. The van der Waals surface area contributed by atoms with Crippen molar-refractivity contribution in [2.45, 2.75) is 59.0 Å². The molecule has 1 aromatic heterocycles. The third kappa shape index (κ3) is 4.08. The quantitative estimate of drug-likeness (QED) is 0.876. The summed E-state index contributed by atoms with van der Waals surface area (Å²) in [6, 6.07) is 1.51. The van der Waals surface area contributed by atoms with Crippen LogP contribution in [0.4, 0.5) is 0 Å². The first-order valence-corrected chi connectivity index (χ1v) is 8.73. The fourth-order valence-electron chi connectivity index (χ4n) is 2.02. The van der Waals surface area contributed by atoms with Gasteiger partial charge in [0, 0.05) is 19.2 Å². The van der Waals surface area contributed by atoms with E-state index in [1.54, 1.807) is 20.0 Å². The number of rotatable bonds is 6. The van der Waals surface area contributed by atoms with E-state index >= 15 is 0 Å². The SMILES string of the molecule is CCNCc1cc(S(=O)(=O)N(C)C(C)C(C)(C)C)c(C)o1. The van der Waals surface area contributed by atoms with E-state index in [1.807, 2.05) is 34.6 Å². The normalized spacial score (nSPS) is 14.7. The number of hydrogen-bond donors (Lipinski definition) is 1. The number of aryl methyl sites for hydroxylation is 1. The molecule has 0 aliphatic carbocycles. The molecule has 0 aromatic carbocycles. The third-order valence-electron chi connectivity index (χ3n) is 3.93. The summed E-state index contributed by atoms with van der Waals surface area (Å²) in [6.45, 7) is 13.0. The van der Waals surface area contributed by atoms with Gasteiger partial charge in [-0.05, 0) is 25.8 Å². The Balaban J connectivity index is 3.10. The minimum atomic E-state index is -3.54. The number of furan rings is 1. The summed E-state index contributed by atoms with van der Waals surface area (Å²) < 4.78 is 32.5. The van der Waals surface area contributed by atoms with E-state index in [-0.39, 0.29) is 16.4 Å². The van der Waals surface area contributed by atoms with Crippen LogP contribution in [0.3, 0.4) is 0 Å². The zero-order valence-electron chi connectivity index (χ0n) is 14.1. The molecule has 0 saturated heterocycles. The lowest BCUT2D eigenvalue weighted by atomic mass is 9.88. The van der Waals surface area contributed by atoms with Crippen LogP contribution in [0.25, 0.3) is 0 Å². The van der Waals surface area contributed by atoms with Gasteiger partial charge < -0.3 is 9.73 Å². The van der Waals surface area contributed by atoms with Gasteiger partial charge in [0.15, 0.2) is 0 Å². The number of nitrogens with one attached hydrogen (secondary N) is 1. The number of hydrogen-bond acceptors (Lipinski definition) is 4. The van der Waals surface area contributed by atoms with E-state index in [1.165, 1.54) is 4.31 Å². The van der Waals surface area contributed by atoms with E-state index in [9.17, 15) is 8.42 Å². The Bertz CT molecular complexity index is 570. The van der Waals surface area contributed by atoms with Crippen LogP contribution in [0, 0.1) is 12.3 Å². The van der Waals surface area contributed by atoms with Crippen molar-refractivity contribution < 1.29 is 12.8 Å². The molecule has 0 bridgehead atoms. The summed E-state index contributed by atoms with van der Waals surface area (Å²) in [6.07, 6.45) is 0. The first-order chi connectivity index (χ1) is 9.51. The molecular formula is C15H28N2O3S. The molecule has 1 aromatic rings. The van der Waals surface area contributed by atoms with Gasteiger partial charge >= 0.3 is 0 Å². The van der Waals surface area contributed by atoms with E-state index in [2.05, 4.69) is 5.32 Å². The predicted octanol–water partition coefficient (Wildman–Crippen LogP) is 2.75. The van der Waals surface area contributed by atoms with Gasteiger partial charge in [-0.25, -0.2) is 8.42 Å². The second-order valence-corrected chi connectivity index (χ2v) is 8.44. The summed E-state index contributed by atoms with van der Waals surface area (Å²) in [4.78, 5) is 0.258. The Morgan fingerprint density at radius 2 is 1.95 bits per heavy atom. The molecule has 1 atom stereocenters. The van der Waals surface area contributed by atoms with Gasteiger partial charge in [-0.3, -0.25) is 0 Å². The third-order valence-corrected chi connectivity index (χ3v) is 5.96. The lowest BCUT2D eigenvalue weighted by Crippen LogP contribution is -2.42. The van der Waals surface area contributed by atoms with Crippen molar-refractivity contribution in [2.24, 2.45) is 5.41 Å². The van der Waals surface area contributed by atoms with Gasteiger partial charge in [0.2, 0.25) is 10.0 Å². The topological polar surface area (TPSA) is 62.6 Å². The Morgan fingerprint density at radius 3 is 2.43 bits per heavy atom. The Morgan fingerprint density at radius 1 is 1.38 bits per heavy atom. The molecule has 122 valence electrons. The van der Waals surface area contributed by atoms with Gasteiger partial charge in [0.05, 0.1) is 6.54 Å². The number of sulfonamides is 1. The van der Waals surface area contributed by atoms with E-state index in [0.29, 0.717) is 18.1 Å². The van der Waals surface area contributed by atoms with Crippen LogP contribution < -0.4 is 5.32 Å². The Hall–Kier alpha value is -0.850. The molecule has 0 aliphatic rings. The average Bonchev–Trinajstić information content (AvgIpc) is 2.75. The van der Waals surface area contributed by atoms with Crippen LogP contribution in [-0.2, 0) is 16.6 Å². The van der Waals surface area contributed by atoms with Crippen molar-refractivity contribution >= 4 is 10.0 Å². The molecule has 1 heterocycles. The average molecular weight is 316 g/mol. The molecule has 21 heavy (non-hydrogen) atoms. The molecule has 1 N–H and O–H groups in total. The highest BCUT2D eigenvalue weighted by atomic mass is 32.2. The summed E-state index contributed by atoms with van der Waals surface area (Å²) in [7, 11) is -1.92. The lowest BCUT2D eigenvalue weighted by Gasteiger charge is -2.34. The standard InChI is InChI=1S/C15H28N2O3S/c1-8-16-10-13-9-14(11(2)20-13)21(18,19)17(7)12(3)15(4,5)6/h9,12,16H,8,10H2,1-7H3. The van der Waals surface area contributed by atoms with Crippen molar-refractivity contribution in [1.82, 2.24) is 9.62 Å². The molecule has 0 spiro atoms. The first-order valence-electron chi connectivity index (χ1n) is 7.29. The zero-order chi connectivity index (χ0) is 16.4. The maximum Gasteiger partial charge on any atom is 0.246 e. The summed E-state index contributed by atoms with van der Waals surface area (Å²) in [5.74, 6) is 1.08. The molecule has 0 aliphatic heterocycles. The van der Waals surface area contributed by atoms with Crippen LogP contribution in [0.1, 0.15) is 46.1 Å².